The third-order valence-corrected chi connectivity index (χ3v) is 2.98. The van der Waals surface area contributed by atoms with Crippen LogP contribution in [0.5, 0.6) is 0 Å². The highest BCUT2D eigenvalue weighted by molar-refractivity contribution is 5.02. The fraction of sp³-hybridized carbons (Fsp3) is 0.750. The molecule has 0 bridgehead atoms. The van der Waals surface area contributed by atoms with Crippen LogP contribution in [0.4, 0.5) is 0 Å². The first-order chi connectivity index (χ1) is 7.25. The van der Waals surface area contributed by atoms with Crippen LogP contribution in [0, 0.1) is 5.92 Å². The Hall–Kier alpha value is -0.830. The lowest BCUT2D eigenvalue weighted by atomic mass is 10.1. The summed E-state index contributed by atoms with van der Waals surface area (Å²) >= 11 is 0. The predicted molar refractivity (Wildman–Crippen MR) is 61.8 cm³/mol. The summed E-state index contributed by atoms with van der Waals surface area (Å²) in [5, 5.41) is 3.53. The molecule has 1 unspecified atom stereocenters. The highest BCUT2D eigenvalue weighted by Gasteiger charge is 2.16. The molecular weight excluding hydrogens is 186 g/mol. The smallest absolute Gasteiger partial charge is 0.0948 e. The topological polar surface area (TPSA) is 29.9 Å². The van der Waals surface area contributed by atoms with E-state index in [1.807, 2.05) is 12.5 Å². The Labute approximate surface area is 91.9 Å². The Balaban J connectivity index is 1.97. The van der Waals surface area contributed by atoms with Gasteiger partial charge in [0.15, 0.2) is 0 Å². The van der Waals surface area contributed by atoms with Gasteiger partial charge in [0, 0.05) is 30.9 Å². The van der Waals surface area contributed by atoms with E-state index in [1.54, 1.807) is 0 Å². The molecule has 1 aliphatic rings. The Kier molecular flexibility index (Phi) is 3.41. The molecule has 3 heteroatoms. The molecule has 15 heavy (non-hydrogen) atoms. The molecule has 0 aromatic carbocycles. The van der Waals surface area contributed by atoms with Gasteiger partial charge in [-0.3, -0.25) is 0 Å². The number of hydrogen-bond donors (Lipinski definition) is 1. The van der Waals surface area contributed by atoms with Crippen LogP contribution in [0.2, 0.25) is 0 Å². The minimum Gasteiger partial charge on any atom is -0.334 e. The molecule has 1 N–H and O–H groups in total. The third kappa shape index (κ3) is 2.81. The van der Waals surface area contributed by atoms with Crippen LogP contribution < -0.4 is 5.32 Å². The van der Waals surface area contributed by atoms with Crippen molar-refractivity contribution in [3.63, 3.8) is 0 Å². The lowest BCUT2D eigenvalue weighted by Gasteiger charge is -2.14. The zero-order valence-electron chi connectivity index (χ0n) is 9.74. The van der Waals surface area contributed by atoms with E-state index in [1.165, 1.54) is 25.1 Å². The molecule has 2 rings (SSSR count). The third-order valence-electron chi connectivity index (χ3n) is 2.98. The molecule has 1 saturated heterocycles. The van der Waals surface area contributed by atoms with Crippen molar-refractivity contribution in [2.45, 2.75) is 45.7 Å². The van der Waals surface area contributed by atoms with Gasteiger partial charge in [-0.2, -0.15) is 0 Å². The first-order valence-corrected chi connectivity index (χ1v) is 5.98. The second-order valence-electron chi connectivity index (χ2n) is 4.93. The van der Waals surface area contributed by atoms with E-state index in [0.29, 0.717) is 12.0 Å². The molecule has 2 heterocycles. The van der Waals surface area contributed by atoms with Crippen LogP contribution >= 0.6 is 0 Å². The monoisotopic (exact) mass is 207 g/mol. The molecule has 84 valence electrons. The van der Waals surface area contributed by atoms with Gasteiger partial charge in [-0.1, -0.05) is 13.8 Å². The molecule has 0 aliphatic carbocycles. The summed E-state index contributed by atoms with van der Waals surface area (Å²) < 4.78 is 2.30. The van der Waals surface area contributed by atoms with E-state index >= 15 is 0 Å². The maximum Gasteiger partial charge on any atom is 0.0948 e. The van der Waals surface area contributed by atoms with E-state index in [2.05, 4.69) is 28.7 Å². The van der Waals surface area contributed by atoms with E-state index in [0.717, 1.165) is 13.0 Å². The summed E-state index contributed by atoms with van der Waals surface area (Å²) in [4.78, 5) is 4.25. The van der Waals surface area contributed by atoms with Crippen LogP contribution in [0.15, 0.2) is 12.5 Å². The van der Waals surface area contributed by atoms with Gasteiger partial charge in [0.1, 0.15) is 0 Å². The normalized spacial score (nSPS) is 21.4. The van der Waals surface area contributed by atoms with Gasteiger partial charge < -0.3 is 9.88 Å². The molecule has 0 radical (unpaired) electrons. The summed E-state index contributed by atoms with van der Waals surface area (Å²) in [6.07, 6.45) is 7.75. The predicted octanol–water partition coefficient (Wildman–Crippen LogP) is 1.83. The standard InChI is InChI=1S/C12H21N3/c1-10(2)8-15-9-13-7-12(15)6-11-4-3-5-14-11/h7,9-11,14H,3-6,8H2,1-2H3. The van der Waals surface area contributed by atoms with Crippen LogP contribution in [0.3, 0.4) is 0 Å². The Morgan fingerprint density at radius 2 is 2.47 bits per heavy atom. The van der Waals surface area contributed by atoms with Crippen molar-refractivity contribution < 1.29 is 0 Å². The molecule has 0 amide bonds. The fourth-order valence-electron chi connectivity index (χ4n) is 2.26. The van der Waals surface area contributed by atoms with Gasteiger partial charge >= 0.3 is 0 Å². The number of nitrogens with one attached hydrogen (secondary N) is 1. The minimum atomic E-state index is 0.674. The van der Waals surface area contributed by atoms with Crippen molar-refractivity contribution in [2.24, 2.45) is 5.92 Å². The average Bonchev–Trinajstić information content (AvgIpc) is 2.78. The Morgan fingerprint density at radius 3 is 3.13 bits per heavy atom. The van der Waals surface area contributed by atoms with Gasteiger partial charge in [0.25, 0.3) is 0 Å². The summed E-state index contributed by atoms with van der Waals surface area (Å²) in [7, 11) is 0. The summed E-state index contributed by atoms with van der Waals surface area (Å²) in [5.41, 5.74) is 1.38. The second-order valence-corrected chi connectivity index (χ2v) is 4.93. The van der Waals surface area contributed by atoms with Crippen molar-refractivity contribution in [3.05, 3.63) is 18.2 Å². The summed E-state index contributed by atoms with van der Waals surface area (Å²) in [6, 6.07) is 0.674. The maximum atomic E-state index is 4.25. The van der Waals surface area contributed by atoms with Gasteiger partial charge in [-0.15, -0.1) is 0 Å². The number of imidazole rings is 1. The van der Waals surface area contributed by atoms with Gasteiger partial charge in [0.05, 0.1) is 6.33 Å². The quantitative estimate of drug-likeness (QED) is 0.816. The average molecular weight is 207 g/mol. The van der Waals surface area contributed by atoms with Crippen molar-refractivity contribution in [1.29, 1.82) is 0 Å². The molecule has 0 spiro atoms. The van der Waals surface area contributed by atoms with Crippen molar-refractivity contribution in [3.8, 4) is 0 Å². The number of hydrogen-bond acceptors (Lipinski definition) is 2. The lowest BCUT2D eigenvalue weighted by Crippen LogP contribution is -2.25. The zero-order valence-corrected chi connectivity index (χ0v) is 9.74. The molecule has 1 fully saturated rings. The zero-order chi connectivity index (χ0) is 10.7. The number of rotatable bonds is 4. The summed E-state index contributed by atoms with van der Waals surface area (Å²) in [6.45, 7) is 6.76. The molecule has 1 aromatic heterocycles. The summed E-state index contributed by atoms with van der Waals surface area (Å²) in [5.74, 6) is 0.689. The first kappa shape index (κ1) is 10.7. The number of aromatic nitrogens is 2. The van der Waals surface area contributed by atoms with Gasteiger partial charge in [-0.25, -0.2) is 4.98 Å². The fourth-order valence-corrected chi connectivity index (χ4v) is 2.26. The Bertz CT molecular complexity index is 298. The SMILES string of the molecule is CC(C)Cn1cncc1CC1CCCN1. The van der Waals surface area contributed by atoms with Crippen molar-refractivity contribution >= 4 is 0 Å². The molecule has 0 saturated carbocycles. The highest BCUT2D eigenvalue weighted by Crippen LogP contribution is 2.13. The molecule has 1 aliphatic heterocycles. The van der Waals surface area contributed by atoms with E-state index in [-0.39, 0.29) is 0 Å². The van der Waals surface area contributed by atoms with E-state index < -0.39 is 0 Å². The highest BCUT2D eigenvalue weighted by atomic mass is 15.1. The van der Waals surface area contributed by atoms with Crippen LogP contribution in [-0.4, -0.2) is 22.1 Å². The largest absolute Gasteiger partial charge is 0.334 e. The number of nitrogens with zero attached hydrogens (tertiary/aromatic N) is 2. The van der Waals surface area contributed by atoms with Crippen molar-refractivity contribution in [2.75, 3.05) is 6.54 Å². The van der Waals surface area contributed by atoms with Crippen LogP contribution in [-0.2, 0) is 13.0 Å². The molecular formula is C12H21N3. The molecule has 1 atom stereocenters. The molecule has 1 aromatic rings. The van der Waals surface area contributed by atoms with E-state index in [9.17, 15) is 0 Å². The Morgan fingerprint density at radius 1 is 1.60 bits per heavy atom. The minimum absolute atomic E-state index is 0.674. The van der Waals surface area contributed by atoms with Crippen LogP contribution in [0.1, 0.15) is 32.4 Å². The second kappa shape index (κ2) is 4.79. The van der Waals surface area contributed by atoms with Gasteiger partial charge in [0.2, 0.25) is 0 Å². The van der Waals surface area contributed by atoms with Crippen LogP contribution in [0.25, 0.3) is 0 Å². The first-order valence-electron chi connectivity index (χ1n) is 5.98. The van der Waals surface area contributed by atoms with Crippen molar-refractivity contribution in [1.82, 2.24) is 14.9 Å². The lowest BCUT2D eigenvalue weighted by molar-refractivity contribution is 0.493. The van der Waals surface area contributed by atoms with E-state index in [4.69, 9.17) is 0 Å². The molecule has 3 nitrogen and oxygen atoms in total. The van der Waals surface area contributed by atoms with Gasteiger partial charge in [-0.05, 0) is 25.3 Å². The maximum absolute atomic E-state index is 4.25.